The summed E-state index contributed by atoms with van der Waals surface area (Å²) in [6.45, 7) is 1.44. The molecule has 0 aliphatic rings. The van der Waals surface area contributed by atoms with Crippen LogP contribution in [0.3, 0.4) is 0 Å². The summed E-state index contributed by atoms with van der Waals surface area (Å²) >= 11 is 0. The number of methoxy groups -OCH3 is 2. The van der Waals surface area contributed by atoms with E-state index in [4.69, 9.17) is 15.7 Å². The maximum Gasteiger partial charge on any atom is 0.420 e. The number of aromatic nitrogens is 1. The Labute approximate surface area is 141 Å². The minimum atomic E-state index is -4.67. The Morgan fingerprint density at radius 2 is 1.96 bits per heavy atom. The average Bonchev–Trinajstić information content (AvgIpc) is 2.89. The van der Waals surface area contributed by atoms with Crippen molar-refractivity contribution >= 4 is 11.7 Å². The van der Waals surface area contributed by atoms with E-state index in [2.05, 4.69) is 4.74 Å². The molecule has 6 nitrogen and oxygen atoms in total. The third-order valence-electron chi connectivity index (χ3n) is 3.59. The monoisotopic (exact) mass is 353 g/mol. The van der Waals surface area contributed by atoms with Crippen LogP contribution in [-0.4, -0.2) is 24.8 Å². The summed E-state index contributed by atoms with van der Waals surface area (Å²) in [6, 6.07) is 3.99. The highest BCUT2D eigenvalue weighted by atomic mass is 19.4. The number of nitriles is 1. The molecule has 2 N–H and O–H groups in total. The van der Waals surface area contributed by atoms with Crippen LogP contribution in [0.1, 0.15) is 27.2 Å². The van der Waals surface area contributed by atoms with Crippen LogP contribution in [0.15, 0.2) is 18.3 Å². The Kier molecular flexibility index (Phi) is 4.65. The summed E-state index contributed by atoms with van der Waals surface area (Å²) in [6.07, 6.45) is -3.49. The van der Waals surface area contributed by atoms with Gasteiger partial charge in [0.1, 0.15) is 11.8 Å². The van der Waals surface area contributed by atoms with Crippen LogP contribution >= 0.6 is 0 Å². The van der Waals surface area contributed by atoms with E-state index >= 15 is 0 Å². The molecule has 0 spiro atoms. The van der Waals surface area contributed by atoms with Gasteiger partial charge < -0.3 is 19.8 Å². The topological polar surface area (TPSA) is 90.3 Å². The van der Waals surface area contributed by atoms with Crippen molar-refractivity contribution in [3.63, 3.8) is 0 Å². The third kappa shape index (κ3) is 3.10. The smallest absolute Gasteiger partial charge is 0.420 e. The Balaban J connectivity index is 2.82. The number of aryl methyl sites for hydroxylation is 1. The zero-order valence-corrected chi connectivity index (χ0v) is 13.6. The second-order valence-electron chi connectivity index (χ2n) is 5.12. The number of ether oxygens (including phenoxy) is 2. The maximum atomic E-state index is 13.3. The second-order valence-corrected chi connectivity index (χ2v) is 5.12. The van der Waals surface area contributed by atoms with Gasteiger partial charge in [0.25, 0.3) is 0 Å². The number of rotatable bonds is 3. The van der Waals surface area contributed by atoms with Crippen molar-refractivity contribution < 1.29 is 27.4 Å². The summed E-state index contributed by atoms with van der Waals surface area (Å²) in [5.41, 5.74) is 4.50. The maximum absolute atomic E-state index is 13.3. The molecule has 0 radical (unpaired) electrons. The molecule has 0 unspecified atom stereocenters. The van der Waals surface area contributed by atoms with E-state index in [1.807, 2.05) is 0 Å². The van der Waals surface area contributed by atoms with E-state index in [0.717, 1.165) is 24.9 Å². The molecule has 132 valence electrons. The Morgan fingerprint density at radius 1 is 1.32 bits per heavy atom. The molecule has 25 heavy (non-hydrogen) atoms. The largest absolute Gasteiger partial charge is 0.496 e. The molecule has 1 heterocycles. The van der Waals surface area contributed by atoms with Gasteiger partial charge in [-0.25, -0.2) is 4.79 Å². The molecule has 2 rings (SSSR count). The van der Waals surface area contributed by atoms with Gasteiger partial charge in [-0.05, 0) is 24.6 Å². The number of alkyl halides is 3. The van der Waals surface area contributed by atoms with Crippen molar-refractivity contribution in [2.45, 2.75) is 13.1 Å². The lowest BCUT2D eigenvalue weighted by molar-refractivity contribution is -0.138. The fourth-order valence-corrected chi connectivity index (χ4v) is 2.49. The lowest BCUT2D eigenvalue weighted by atomic mass is 10.1. The van der Waals surface area contributed by atoms with E-state index in [1.54, 1.807) is 6.07 Å². The molecule has 2 aromatic rings. The number of nitrogens with two attached hydrogens (primary N) is 1. The first-order valence-electron chi connectivity index (χ1n) is 6.91. The molecule has 0 atom stereocenters. The molecule has 0 saturated carbocycles. The highest BCUT2D eigenvalue weighted by molar-refractivity contribution is 5.96. The number of nitrogen functional groups attached to an aromatic ring is 1. The highest BCUT2D eigenvalue weighted by Gasteiger charge is 2.36. The number of carbonyl (C=O) groups is 1. The molecule has 0 aliphatic carbocycles. The van der Waals surface area contributed by atoms with Crippen molar-refractivity contribution in [1.29, 1.82) is 5.26 Å². The second kappa shape index (κ2) is 6.39. The number of benzene rings is 1. The van der Waals surface area contributed by atoms with E-state index < -0.39 is 17.7 Å². The molecule has 0 amide bonds. The molecule has 9 heteroatoms. The fourth-order valence-electron chi connectivity index (χ4n) is 2.49. The number of halogens is 3. The Hall–Kier alpha value is -3.15. The van der Waals surface area contributed by atoms with Crippen molar-refractivity contribution in [2.24, 2.45) is 0 Å². The summed E-state index contributed by atoms with van der Waals surface area (Å²) in [5, 5.41) is 9.08. The normalized spacial score (nSPS) is 11.1. The molecule has 0 saturated heterocycles. The van der Waals surface area contributed by atoms with Crippen LogP contribution < -0.4 is 10.5 Å². The third-order valence-corrected chi connectivity index (χ3v) is 3.59. The van der Waals surface area contributed by atoms with Gasteiger partial charge in [0.05, 0.1) is 31.0 Å². The van der Waals surface area contributed by atoms with Crippen LogP contribution in [0.25, 0.3) is 5.69 Å². The lowest BCUT2D eigenvalue weighted by Crippen LogP contribution is -2.13. The number of carbonyl (C=O) groups excluding carboxylic acids is 1. The quantitative estimate of drug-likeness (QED) is 0.857. The van der Waals surface area contributed by atoms with E-state index in [9.17, 15) is 18.0 Å². The number of hydrogen-bond acceptors (Lipinski definition) is 5. The number of nitrogens with zero attached hydrogens (tertiary/aromatic N) is 2. The van der Waals surface area contributed by atoms with Crippen LogP contribution in [0.2, 0.25) is 0 Å². The van der Waals surface area contributed by atoms with E-state index in [1.165, 1.54) is 19.2 Å². The van der Waals surface area contributed by atoms with Gasteiger partial charge >= 0.3 is 12.1 Å². The fraction of sp³-hybridized carbons (Fsp3) is 0.250. The average molecular weight is 353 g/mol. The molecule has 0 aliphatic heterocycles. The number of anilines is 1. The van der Waals surface area contributed by atoms with E-state index in [0.29, 0.717) is 0 Å². The van der Waals surface area contributed by atoms with Gasteiger partial charge in [0.2, 0.25) is 0 Å². The SMILES string of the molecule is COC(=O)c1c(N)c(C#N)cn1-c1cc(C)c(OC)c(C(F)(F)F)c1. The summed E-state index contributed by atoms with van der Waals surface area (Å²) in [5.74, 6) is -1.20. The molecular formula is C16H14F3N3O3. The van der Waals surface area contributed by atoms with Crippen molar-refractivity contribution in [3.05, 3.63) is 40.7 Å². The molecule has 1 aromatic heterocycles. The van der Waals surface area contributed by atoms with Crippen LogP contribution in [0.5, 0.6) is 5.75 Å². The van der Waals surface area contributed by atoms with Gasteiger partial charge in [0.15, 0.2) is 5.69 Å². The lowest BCUT2D eigenvalue weighted by Gasteiger charge is -2.17. The van der Waals surface area contributed by atoms with Crippen LogP contribution in [0, 0.1) is 18.3 Å². The zero-order chi connectivity index (χ0) is 18.9. The predicted molar refractivity (Wildman–Crippen MR) is 82.5 cm³/mol. The predicted octanol–water partition coefficient (Wildman–Crippen LogP) is 3.05. The zero-order valence-electron chi connectivity index (χ0n) is 13.6. The summed E-state index contributed by atoms with van der Waals surface area (Å²) < 4.78 is 50.5. The van der Waals surface area contributed by atoms with Gasteiger partial charge in [-0.15, -0.1) is 0 Å². The minimum absolute atomic E-state index is 0.000718. The Bertz CT molecular complexity index is 879. The van der Waals surface area contributed by atoms with Crippen LogP contribution in [0.4, 0.5) is 18.9 Å². The van der Waals surface area contributed by atoms with Gasteiger partial charge in [0, 0.05) is 11.9 Å². The summed E-state index contributed by atoms with van der Waals surface area (Å²) in [4.78, 5) is 12.0. The van der Waals surface area contributed by atoms with E-state index in [-0.39, 0.29) is 33.9 Å². The molecule has 1 aromatic carbocycles. The highest BCUT2D eigenvalue weighted by Crippen LogP contribution is 2.40. The van der Waals surface area contributed by atoms with Crippen LogP contribution in [-0.2, 0) is 10.9 Å². The molecular weight excluding hydrogens is 339 g/mol. The molecule has 0 fully saturated rings. The minimum Gasteiger partial charge on any atom is -0.496 e. The first kappa shape index (κ1) is 18.2. The van der Waals surface area contributed by atoms with Crippen molar-refractivity contribution in [3.8, 4) is 17.5 Å². The standard InChI is InChI=1S/C16H14F3N3O3/c1-8-4-10(5-11(14(8)24-2)16(17,18)19)22-7-9(6-20)12(21)13(22)15(23)25-3/h4-5,7H,21H2,1-3H3. The Morgan fingerprint density at radius 3 is 2.44 bits per heavy atom. The van der Waals surface area contributed by atoms with Gasteiger partial charge in [-0.1, -0.05) is 0 Å². The van der Waals surface area contributed by atoms with Gasteiger partial charge in [-0.2, -0.15) is 18.4 Å². The van der Waals surface area contributed by atoms with Crippen molar-refractivity contribution in [1.82, 2.24) is 4.57 Å². The van der Waals surface area contributed by atoms with Crippen molar-refractivity contribution in [2.75, 3.05) is 20.0 Å². The number of hydrogen-bond donors (Lipinski definition) is 1. The summed E-state index contributed by atoms with van der Waals surface area (Å²) in [7, 11) is 2.24. The first-order valence-corrected chi connectivity index (χ1v) is 6.91. The first-order chi connectivity index (χ1) is 11.6. The number of esters is 1. The van der Waals surface area contributed by atoms with Gasteiger partial charge in [-0.3, -0.25) is 0 Å². The molecule has 0 bridgehead atoms.